The standard InChI is InChI=1S/C33H43FN4O7/c1-32(34)26(24-10-5-4-6-11-24)12-7-14-33(32,45-19-9-16-38-17-20-42-21-18-38)23-44-31-36-28(40-2)25(29(37-31)41-3)22-43-30(39)27-13-8-15-35-27/h4-7,10-12,14,27,35H,8-9,13,15-23H2,1-3H3/t27-,32?,33?/m0/s1. The molecule has 12 heteroatoms. The summed E-state index contributed by atoms with van der Waals surface area (Å²) >= 11 is 0. The maximum Gasteiger partial charge on any atom is 0.323 e. The zero-order valence-corrected chi connectivity index (χ0v) is 26.3. The van der Waals surface area contributed by atoms with E-state index in [0.29, 0.717) is 37.4 Å². The molecule has 45 heavy (non-hydrogen) atoms. The van der Waals surface area contributed by atoms with Crippen molar-refractivity contribution in [2.24, 2.45) is 0 Å². The number of allylic oxidation sites excluding steroid dienone is 2. The molecular formula is C33H43FN4O7. The number of morpholine rings is 1. The van der Waals surface area contributed by atoms with Gasteiger partial charge in [-0.2, -0.15) is 9.97 Å². The van der Waals surface area contributed by atoms with Crippen LogP contribution in [0.3, 0.4) is 0 Å². The molecule has 2 aromatic rings. The minimum absolute atomic E-state index is 0.0902. The number of halogens is 1. The highest BCUT2D eigenvalue weighted by Gasteiger charge is 2.53. The number of alkyl halides is 1. The van der Waals surface area contributed by atoms with Crippen molar-refractivity contribution in [1.29, 1.82) is 0 Å². The lowest BCUT2D eigenvalue weighted by Crippen LogP contribution is -2.56. The Balaban J connectivity index is 1.34. The molecule has 1 N–H and O–H groups in total. The first-order chi connectivity index (χ1) is 21.9. The molecule has 3 atom stereocenters. The van der Waals surface area contributed by atoms with E-state index in [1.165, 1.54) is 21.1 Å². The Kier molecular flexibility index (Phi) is 11.0. The second kappa shape index (κ2) is 15.1. The Bertz CT molecular complexity index is 1320. The van der Waals surface area contributed by atoms with Crippen LogP contribution in [0.4, 0.5) is 4.39 Å². The molecule has 1 aromatic carbocycles. The smallest absolute Gasteiger partial charge is 0.323 e. The number of methoxy groups -OCH3 is 2. The molecule has 2 aliphatic heterocycles. The number of hydrogen-bond donors (Lipinski definition) is 1. The Morgan fingerprint density at radius 1 is 1.13 bits per heavy atom. The highest BCUT2D eigenvalue weighted by molar-refractivity contribution is 5.77. The van der Waals surface area contributed by atoms with E-state index in [2.05, 4.69) is 20.2 Å². The SMILES string of the molecule is COc1nc(OCC2(OCCCN3CCOCC3)C=CC=C(c3ccccc3)C2(C)F)nc(OC)c1COC(=O)[C@@H]1CCCN1. The second-order valence-electron chi connectivity index (χ2n) is 11.4. The summed E-state index contributed by atoms with van der Waals surface area (Å²) in [5.74, 6) is -0.119. The van der Waals surface area contributed by atoms with Crippen LogP contribution in [0.2, 0.25) is 0 Å². The fraction of sp³-hybridized carbons (Fsp3) is 0.545. The third kappa shape index (κ3) is 7.63. The van der Waals surface area contributed by atoms with E-state index in [4.69, 9.17) is 28.4 Å². The first-order valence-electron chi connectivity index (χ1n) is 15.5. The average molecular weight is 627 g/mol. The van der Waals surface area contributed by atoms with Gasteiger partial charge in [0.05, 0.1) is 27.4 Å². The minimum Gasteiger partial charge on any atom is -0.480 e. The van der Waals surface area contributed by atoms with Crippen LogP contribution in [0.5, 0.6) is 17.8 Å². The molecule has 2 unspecified atom stereocenters. The number of esters is 1. The summed E-state index contributed by atoms with van der Waals surface area (Å²) in [6.45, 7) is 6.18. The summed E-state index contributed by atoms with van der Waals surface area (Å²) in [4.78, 5) is 23.6. The number of carbonyl (C=O) groups is 1. The molecule has 5 rings (SSSR count). The Morgan fingerprint density at radius 3 is 2.53 bits per heavy atom. The van der Waals surface area contributed by atoms with Gasteiger partial charge in [0.1, 0.15) is 24.8 Å². The number of nitrogens with zero attached hydrogens (tertiary/aromatic N) is 3. The maximum atomic E-state index is 17.2. The third-order valence-electron chi connectivity index (χ3n) is 8.51. The van der Waals surface area contributed by atoms with Gasteiger partial charge in [-0.15, -0.1) is 0 Å². The molecule has 2 saturated heterocycles. The topological polar surface area (TPSA) is 114 Å². The molecule has 1 aliphatic carbocycles. The molecule has 0 amide bonds. The molecule has 2 fully saturated rings. The Hall–Kier alpha value is -3.58. The predicted molar refractivity (Wildman–Crippen MR) is 165 cm³/mol. The van der Waals surface area contributed by atoms with Gasteiger partial charge in [0.2, 0.25) is 11.8 Å². The second-order valence-corrected chi connectivity index (χ2v) is 11.4. The molecule has 0 spiro atoms. The van der Waals surface area contributed by atoms with Crippen LogP contribution in [-0.2, 0) is 25.6 Å². The van der Waals surface area contributed by atoms with Gasteiger partial charge in [0, 0.05) is 26.2 Å². The number of aromatic nitrogens is 2. The first-order valence-corrected chi connectivity index (χ1v) is 15.5. The van der Waals surface area contributed by atoms with Crippen LogP contribution >= 0.6 is 0 Å². The number of ether oxygens (including phenoxy) is 6. The van der Waals surface area contributed by atoms with Crippen LogP contribution in [0.15, 0.2) is 48.6 Å². The summed E-state index contributed by atoms with van der Waals surface area (Å²) in [7, 11) is 2.88. The van der Waals surface area contributed by atoms with Crippen molar-refractivity contribution in [2.45, 2.75) is 50.1 Å². The van der Waals surface area contributed by atoms with E-state index >= 15 is 4.39 Å². The highest BCUT2D eigenvalue weighted by atomic mass is 19.1. The summed E-state index contributed by atoms with van der Waals surface area (Å²) in [5.41, 5.74) is -1.88. The molecule has 0 saturated carbocycles. The van der Waals surface area contributed by atoms with Gasteiger partial charge < -0.3 is 33.7 Å². The number of rotatable bonds is 14. The van der Waals surface area contributed by atoms with Gasteiger partial charge in [0.15, 0.2) is 11.3 Å². The van der Waals surface area contributed by atoms with E-state index in [9.17, 15) is 4.79 Å². The van der Waals surface area contributed by atoms with Gasteiger partial charge in [-0.1, -0.05) is 42.5 Å². The van der Waals surface area contributed by atoms with E-state index in [1.54, 1.807) is 18.2 Å². The molecule has 11 nitrogen and oxygen atoms in total. The molecule has 1 aromatic heterocycles. The summed E-state index contributed by atoms with van der Waals surface area (Å²) in [6, 6.07) is 8.96. The summed E-state index contributed by atoms with van der Waals surface area (Å²) in [5, 5.41) is 3.12. The summed E-state index contributed by atoms with van der Waals surface area (Å²) < 4.78 is 51.7. The lowest BCUT2D eigenvalue weighted by Gasteiger charge is -2.44. The third-order valence-corrected chi connectivity index (χ3v) is 8.51. The molecule has 0 radical (unpaired) electrons. The molecule has 3 heterocycles. The molecule has 0 bridgehead atoms. The molecule has 3 aliphatic rings. The van der Waals surface area contributed by atoms with Gasteiger partial charge >= 0.3 is 12.0 Å². The summed E-state index contributed by atoms with van der Waals surface area (Å²) in [6.07, 6.45) is 7.61. The van der Waals surface area contributed by atoms with Crippen molar-refractivity contribution >= 4 is 11.5 Å². The van der Waals surface area contributed by atoms with Crippen LogP contribution in [0, 0.1) is 0 Å². The zero-order chi connectivity index (χ0) is 31.7. The largest absolute Gasteiger partial charge is 0.480 e. The highest BCUT2D eigenvalue weighted by Crippen LogP contribution is 2.45. The van der Waals surface area contributed by atoms with Crippen LogP contribution < -0.4 is 19.5 Å². The van der Waals surface area contributed by atoms with Crippen LogP contribution in [-0.4, -0.2) is 105 Å². The van der Waals surface area contributed by atoms with Crippen LogP contribution in [0.1, 0.15) is 37.3 Å². The van der Waals surface area contributed by atoms with Crippen molar-refractivity contribution in [3.8, 4) is 17.8 Å². The predicted octanol–water partition coefficient (Wildman–Crippen LogP) is 3.53. The quantitative estimate of drug-likeness (QED) is 0.246. The molecule has 244 valence electrons. The average Bonchev–Trinajstić information content (AvgIpc) is 3.62. The van der Waals surface area contributed by atoms with Gasteiger partial charge in [-0.05, 0) is 49.9 Å². The molecular weight excluding hydrogens is 583 g/mol. The van der Waals surface area contributed by atoms with E-state index in [0.717, 1.165) is 44.6 Å². The normalized spacial score (nSPS) is 25.1. The monoisotopic (exact) mass is 626 g/mol. The lowest BCUT2D eigenvalue weighted by atomic mass is 9.74. The maximum absolute atomic E-state index is 17.2. The fourth-order valence-corrected chi connectivity index (χ4v) is 5.85. The van der Waals surface area contributed by atoms with Crippen molar-refractivity contribution < 1.29 is 37.6 Å². The van der Waals surface area contributed by atoms with Crippen molar-refractivity contribution in [2.75, 3.05) is 66.8 Å². The van der Waals surface area contributed by atoms with Crippen LogP contribution in [0.25, 0.3) is 5.57 Å². The van der Waals surface area contributed by atoms with E-state index < -0.39 is 11.3 Å². The van der Waals surface area contributed by atoms with E-state index in [1.807, 2.05) is 30.3 Å². The number of benzene rings is 1. The zero-order valence-electron chi connectivity index (χ0n) is 26.3. The van der Waals surface area contributed by atoms with Gasteiger partial charge in [0.25, 0.3) is 0 Å². The Labute approximate surface area is 263 Å². The lowest BCUT2D eigenvalue weighted by molar-refractivity contribution is -0.147. The first kappa shape index (κ1) is 32.8. The van der Waals surface area contributed by atoms with E-state index in [-0.39, 0.29) is 43.0 Å². The van der Waals surface area contributed by atoms with Crippen molar-refractivity contribution in [3.63, 3.8) is 0 Å². The van der Waals surface area contributed by atoms with Gasteiger partial charge in [-0.25, -0.2) is 4.39 Å². The van der Waals surface area contributed by atoms with Gasteiger partial charge in [-0.3, -0.25) is 9.69 Å². The minimum atomic E-state index is -1.97. The fourth-order valence-electron chi connectivity index (χ4n) is 5.85. The number of hydrogen-bond acceptors (Lipinski definition) is 11. The Morgan fingerprint density at radius 2 is 1.87 bits per heavy atom. The number of carbonyl (C=O) groups excluding carboxylic acids is 1. The van der Waals surface area contributed by atoms with Crippen molar-refractivity contribution in [1.82, 2.24) is 20.2 Å². The van der Waals surface area contributed by atoms with Crippen molar-refractivity contribution in [3.05, 3.63) is 59.7 Å². The number of nitrogens with one attached hydrogen (secondary N) is 1.